The van der Waals surface area contributed by atoms with Gasteiger partial charge in [-0.3, -0.25) is 4.90 Å². The zero-order valence-electron chi connectivity index (χ0n) is 10.7. The van der Waals surface area contributed by atoms with Crippen molar-refractivity contribution in [2.45, 2.75) is 25.3 Å². The highest BCUT2D eigenvalue weighted by Crippen LogP contribution is 2.35. The van der Waals surface area contributed by atoms with Crippen molar-refractivity contribution in [1.82, 2.24) is 4.90 Å². The van der Waals surface area contributed by atoms with Gasteiger partial charge in [0.25, 0.3) is 6.43 Å². The standard InChI is InChI=1S/C14H20F2N2/c1-18-7-3-6-12(9-17)13(18)10-4-2-5-11(8-10)14(15)16/h2,4-5,8,12-14H,3,6-7,9,17H2,1H3. The number of hydrogen-bond donors (Lipinski definition) is 1. The van der Waals surface area contributed by atoms with Gasteiger partial charge >= 0.3 is 0 Å². The number of likely N-dealkylation sites (tertiary alicyclic amines) is 1. The minimum absolute atomic E-state index is 0.0993. The van der Waals surface area contributed by atoms with E-state index in [1.165, 1.54) is 6.07 Å². The van der Waals surface area contributed by atoms with Gasteiger partial charge in [-0.25, -0.2) is 8.78 Å². The van der Waals surface area contributed by atoms with Crippen molar-refractivity contribution in [3.05, 3.63) is 35.4 Å². The minimum Gasteiger partial charge on any atom is -0.330 e. The zero-order valence-corrected chi connectivity index (χ0v) is 10.7. The topological polar surface area (TPSA) is 29.3 Å². The Morgan fingerprint density at radius 1 is 1.44 bits per heavy atom. The van der Waals surface area contributed by atoms with E-state index in [2.05, 4.69) is 4.90 Å². The van der Waals surface area contributed by atoms with Crippen LogP contribution in [0.5, 0.6) is 0 Å². The van der Waals surface area contributed by atoms with E-state index in [0.29, 0.717) is 12.5 Å². The third-order valence-corrected chi connectivity index (χ3v) is 3.81. The van der Waals surface area contributed by atoms with Crippen LogP contribution in [0, 0.1) is 5.92 Å². The van der Waals surface area contributed by atoms with Crippen LogP contribution < -0.4 is 5.73 Å². The lowest BCUT2D eigenvalue weighted by molar-refractivity contribution is 0.124. The van der Waals surface area contributed by atoms with Crippen LogP contribution in [0.15, 0.2) is 24.3 Å². The van der Waals surface area contributed by atoms with Crippen molar-refractivity contribution in [3.63, 3.8) is 0 Å². The second-order valence-corrected chi connectivity index (χ2v) is 5.03. The monoisotopic (exact) mass is 254 g/mol. The molecule has 1 aliphatic rings. The Kier molecular flexibility index (Phi) is 4.30. The summed E-state index contributed by atoms with van der Waals surface area (Å²) in [4.78, 5) is 2.23. The Balaban J connectivity index is 2.29. The summed E-state index contributed by atoms with van der Waals surface area (Å²) < 4.78 is 25.5. The molecular formula is C14H20F2N2. The maximum Gasteiger partial charge on any atom is 0.263 e. The SMILES string of the molecule is CN1CCCC(CN)C1c1cccc(C(F)F)c1. The molecule has 100 valence electrons. The lowest BCUT2D eigenvalue weighted by Crippen LogP contribution is -2.39. The smallest absolute Gasteiger partial charge is 0.263 e. The van der Waals surface area contributed by atoms with Crippen LogP contribution in [0.4, 0.5) is 8.78 Å². The second-order valence-electron chi connectivity index (χ2n) is 5.03. The van der Waals surface area contributed by atoms with E-state index < -0.39 is 6.43 Å². The van der Waals surface area contributed by atoms with Gasteiger partial charge in [-0.05, 0) is 50.5 Å². The van der Waals surface area contributed by atoms with Gasteiger partial charge in [0.05, 0.1) is 0 Å². The van der Waals surface area contributed by atoms with Gasteiger partial charge in [0.2, 0.25) is 0 Å². The number of halogens is 2. The lowest BCUT2D eigenvalue weighted by Gasteiger charge is -2.39. The van der Waals surface area contributed by atoms with Gasteiger partial charge in [0, 0.05) is 11.6 Å². The average Bonchev–Trinajstić information content (AvgIpc) is 2.38. The highest BCUT2D eigenvalue weighted by molar-refractivity contribution is 5.27. The van der Waals surface area contributed by atoms with Gasteiger partial charge in [-0.15, -0.1) is 0 Å². The van der Waals surface area contributed by atoms with Crippen molar-refractivity contribution < 1.29 is 8.78 Å². The Labute approximate surface area is 107 Å². The molecule has 2 rings (SSSR count). The summed E-state index contributed by atoms with van der Waals surface area (Å²) in [6, 6.07) is 6.92. The third kappa shape index (κ3) is 2.70. The molecule has 0 bridgehead atoms. The summed E-state index contributed by atoms with van der Waals surface area (Å²) in [5.74, 6) is 0.358. The normalized spacial score (nSPS) is 25.6. The van der Waals surface area contributed by atoms with E-state index in [1.807, 2.05) is 13.1 Å². The maximum atomic E-state index is 12.8. The third-order valence-electron chi connectivity index (χ3n) is 3.81. The molecule has 1 aliphatic heterocycles. The molecule has 2 atom stereocenters. The molecule has 4 heteroatoms. The van der Waals surface area contributed by atoms with Crippen LogP contribution in [-0.2, 0) is 0 Å². The van der Waals surface area contributed by atoms with Crippen molar-refractivity contribution >= 4 is 0 Å². The largest absolute Gasteiger partial charge is 0.330 e. The highest BCUT2D eigenvalue weighted by Gasteiger charge is 2.29. The molecule has 1 aromatic rings. The van der Waals surface area contributed by atoms with Crippen LogP contribution in [0.25, 0.3) is 0 Å². The first-order valence-electron chi connectivity index (χ1n) is 6.41. The fraction of sp³-hybridized carbons (Fsp3) is 0.571. The average molecular weight is 254 g/mol. The molecule has 1 saturated heterocycles. The first-order chi connectivity index (χ1) is 8.63. The maximum absolute atomic E-state index is 12.8. The van der Waals surface area contributed by atoms with Crippen molar-refractivity contribution in [1.29, 1.82) is 0 Å². The summed E-state index contributed by atoms with van der Waals surface area (Å²) in [5, 5.41) is 0. The molecule has 0 aliphatic carbocycles. The van der Waals surface area contributed by atoms with E-state index >= 15 is 0 Å². The van der Waals surface area contributed by atoms with Crippen LogP contribution in [-0.4, -0.2) is 25.0 Å². The number of rotatable bonds is 3. The fourth-order valence-corrected chi connectivity index (χ4v) is 2.91. The van der Waals surface area contributed by atoms with E-state index in [0.717, 1.165) is 24.9 Å². The second kappa shape index (κ2) is 5.76. The van der Waals surface area contributed by atoms with Crippen LogP contribution in [0.2, 0.25) is 0 Å². The molecule has 0 saturated carbocycles. The Morgan fingerprint density at radius 3 is 2.89 bits per heavy atom. The van der Waals surface area contributed by atoms with E-state index in [1.54, 1.807) is 12.1 Å². The lowest BCUT2D eigenvalue weighted by atomic mass is 9.84. The number of benzene rings is 1. The number of hydrogen-bond acceptors (Lipinski definition) is 2. The molecule has 0 aromatic heterocycles. The van der Waals surface area contributed by atoms with Gasteiger partial charge in [-0.1, -0.05) is 18.2 Å². The van der Waals surface area contributed by atoms with E-state index in [9.17, 15) is 8.78 Å². The van der Waals surface area contributed by atoms with Crippen molar-refractivity contribution in [2.75, 3.05) is 20.1 Å². The molecule has 0 amide bonds. The summed E-state index contributed by atoms with van der Waals surface area (Å²) in [6.07, 6.45) is -0.205. The molecule has 1 heterocycles. The molecular weight excluding hydrogens is 234 g/mol. The Bertz CT molecular complexity index is 395. The molecule has 18 heavy (non-hydrogen) atoms. The molecule has 0 spiro atoms. The summed E-state index contributed by atoms with van der Waals surface area (Å²) >= 11 is 0. The minimum atomic E-state index is -2.41. The summed E-state index contributed by atoms with van der Waals surface area (Å²) in [6.45, 7) is 1.61. The van der Waals surface area contributed by atoms with Gasteiger partial charge in [0.1, 0.15) is 0 Å². The molecule has 2 N–H and O–H groups in total. The molecule has 2 nitrogen and oxygen atoms in total. The Morgan fingerprint density at radius 2 is 2.22 bits per heavy atom. The summed E-state index contributed by atoms with van der Waals surface area (Å²) in [5.41, 5.74) is 6.88. The quantitative estimate of drug-likeness (QED) is 0.898. The van der Waals surface area contributed by atoms with Crippen molar-refractivity contribution in [2.24, 2.45) is 11.7 Å². The first-order valence-corrected chi connectivity index (χ1v) is 6.41. The zero-order chi connectivity index (χ0) is 13.1. The van der Waals surface area contributed by atoms with Crippen molar-refractivity contribution in [3.8, 4) is 0 Å². The predicted molar refractivity (Wildman–Crippen MR) is 68.5 cm³/mol. The fourth-order valence-electron chi connectivity index (χ4n) is 2.91. The predicted octanol–water partition coefficient (Wildman–Crippen LogP) is 2.97. The number of nitrogens with two attached hydrogens (primary N) is 1. The van der Waals surface area contributed by atoms with Crippen LogP contribution >= 0.6 is 0 Å². The Hall–Kier alpha value is -1.00. The van der Waals surface area contributed by atoms with Gasteiger partial charge < -0.3 is 5.73 Å². The number of alkyl halides is 2. The van der Waals surface area contributed by atoms with Crippen LogP contribution in [0.1, 0.15) is 36.4 Å². The summed E-state index contributed by atoms with van der Waals surface area (Å²) in [7, 11) is 2.04. The molecule has 0 radical (unpaired) electrons. The molecule has 1 fully saturated rings. The van der Waals surface area contributed by atoms with Crippen LogP contribution in [0.3, 0.4) is 0 Å². The molecule has 1 aromatic carbocycles. The first kappa shape index (κ1) is 13.4. The van der Waals surface area contributed by atoms with Gasteiger partial charge in [0.15, 0.2) is 0 Å². The number of nitrogens with zero attached hydrogens (tertiary/aromatic N) is 1. The highest BCUT2D eigenvalue weighted by atomic mass is 19.3. The van der Waals surface area contributed by atoms with Gasteiger partial charge in [-0.2, -0.15) is 0 Å². The van der Waals surface area contributed by atoms with E-state index in [4.69, 9.17) is 5.73 Å². The van der Waals surface area contributed by atoms with E-state index in [-0.39, 0.29) is 11.6 Å². The number of piperidine rings is 1. The molecule has 2 unspecified atom stereocenters.